The fourth-order valence-corrected chi connectivity index (χ4v) is 1.10. The lowest BCUT2D eigenvalue weighted by Crippen LogP contribution is -2.12. The lowest BCUT2D eigenvalue weighted by molar-refractivity contribution is 0.954. The third-order valence-electron chi connectivity index (χ3n) is 1.62. The van der Waals surface area contributed by atoms with Crippen molar-refractivity contribution in [2.45, 2.75) is 6.42 Å². The van der Waals surface area contributed by atoms with Crippen LogP contribution in [0.15, 0.2) is 24.5 Å². The van der Waals surface area contributed by atoms with Crippen LogP contribution in [0.3, 0.4) is 0 Å². The maximum absolute atomic E-state index is 3.87. The average molecular weight is 135 g/mol. The summed E-state index contributed by atoms with van der Waals surface area (Å²) in [7, 11) is 0. The number of nitrogens with one attached hydrogen (secondary N) is 1. The van der Waals surface area contributed by atoms with Crippen molar-refractivity contribution in [3.05, 3.63) is 24.5 Å². The number of nitrogens with zero attached hydrogens (tertiary/aromatic N) is 2. The minimum Gasteiger partial charge on any atom is -0.333 e. The molecule has 0 radical (unpaired) electrons. The van der Waals surface area contributed by atoms with Crippen LogP contribution in [0.4, 0.5) is 5.82 Å². The summed E-state index contributed by atoms with van der Waals surface area (Å²) in [5, 5.41) is 6.77. The van der Waals surface area contributed by atoms with E-state index in [-0.39, 0.29) is 0 Å². The Hall–Kier alpha value is -1.25. The molecule has 3 nitrogen and oxygen atoms in total. The first-order valence-corrected chi connectivity index (χ1v) is 3.39. The molecule has 0 spiro atoms. The van der Waals surface area contributed by atoms with Crippen LogP contribution in [-0.2, 0) is 0 Å². The van der Waals surface area contributed by atoms with Crippen LogP contribution < -0.4 is 4.90 Å². The second-order valence-electron chi connectivity index (χ2n) is 2.31. The van der Waals surface area contributed by atoms with Crippen LogP contribution in [0.25, 0.3) is 0 Å². The molecule has 1 aliphatic heterocycles. The maximum atomic E-state index is 3.87. The Morgan fingerprint density at radius 3 is 3.20 bits per heavy atom. The molecule has 2 heterocycles. The highest BCUT2D eigenvalue weighted by molar-refractivity contribution is 5.42. The predicted molar refractivity (Wildman–Crippen MR) is 39.7 cm³/mol. The van der Waals surface area contributed by atoms with Crippen molar-refractivity contribution in [3.63, 3.8) is 0 Å². The Balaban J connectivity index is 2.20. The van der Waals surface area contributed by atoms with E-state index in [4.69, 9.17) is 0 Å². The van der Waals surface area contributed by atoms with E-state index >= 15 is 0 Å². The molecular weight excluding hydrogens is 126 g/mol. The largest absolute Gasteiger partial charge is 0.333 e. The lowest BCUT2D eigenvalue weighted by atomic mass is 10.5. The summed E-state index contributed by atoms with van der Waals surface area (Å²) < 4.78 is 0. The summed E-state index contributed by atoms with van der Waals surface area (Å²) in [6.45, 7) is 1.07. The topological polar surface area (TPSA) is 31.9 Å². The minimum absolute atomic E-state index is 1.07. The number of H-pyrrole nitrogens is 1. The minimum atomic E-state index is 1.07. The fraction of sp³-hybridized carbons (Fsp3) is 0.286. The molecular formula is C7H9N3. The molecule has 1 aliphatic rings. The van der Waals surface area contributed by atoms with Gasteiger partial charge < -0.3 is 4.90 Å². The first-order valence-electron chi connectivity index (χ1n) is 3.39. The molecule has 0 aliphatic carbocycles. The Labute approximate surface area is 59.4 Å². The van der Waals surface area contributed by atoms with Gasteiger partial charge in [-0.05, 0) is 6.42 Å². The first-order chi connectivity index (χ1) is 4.97. The van der Waals surface area contributed by atoms with Crippen molar-refractivity contribution >= 4 is 5.82 Å². The highest BCUT2D eigenvalue weighted by Gasteiger charge is 2.06. The Morgan fingerprint density at radius 1 is 1.60 bits per heavy atom. The number of hydrogen-bond acceptors (Lipinski definition) is 2. The van der Waals surface area contributed by atoms with E-state index < -0.39 is 0 Å². The van der Waals surface area contributed by atoms with Gasteiger partial charge in [0.1, 0.15) is 5.82 Å². The number of hydrogen-bond donors (Lipinski definition) is 1. The first kappa shape index (κ1) is 5.53. The van der Waals surface area contributed by atoms with Gasteiger partial charge in [0.15, 0.2) is 0 Å². The van der Waals surface area contributed by atoms with Crippen LogP contribution in [0.2, 0.25) is 0 Å². The fourth-order valence-electron chi connectivity index (χ4n) is 1.10. The third-order valence-corrected chi connectivity index (χ3v) is 1.62. The summed E-state index contributed by atoms with van der Waals surface area (Å²) in [4.78, 5) is 2.15. The zero-order valence-electron chi connectivity index (χ0n) is 5.62. The van der Waals surface area contributed by atoms with Gasteiger partial charge in [0.25, 0.3) is 0 Å². The number of anilines is 1. The van der Waals surface area contributed by atoms with Crippen molar-refractivity contribution in [2.75, 3.05) is 11.4 Å². The zero-order valence-corrected chi connectivity index (χ0v) is 5.62. The molecule has 2 rings (SSSR count). The van der Waals surface area contributed by atoms with Gasteiger partial charge in [0.2, 0.25) is 0 Å². The van der Waals surface area contributed by atoms with Crippen molar-refractivity contribution in [1.29, 1.82) is 0 Å². The van der Waals surface area contributed by atoms with Crippen molar-refractivity contribution < 1.29 is 0 Å². The molecule has 0 bridgehead atoms. The normalized spacial score (nSPS) is 16.6. The van der Waals surface area contributed by atoms with Gasteiger partial charge in [0, 0.05) is 18.8 Å². The molecule has 0 aromatic carbocycles. The van der Waals surface area contributed by atoms with Gasteiger partial charge in [-0.15, -0.1) is 0 Å². The smallest absolute Gasteiger partial charge is 0.127 e. The second-order valence-corrected chi connectivity index (χ2v) is 2.31. The lowest BCUT2D eigenvalue weighted by Gasteiger charge is -2.10. The molecule has 0 unspecified atom stereocenters. The number of rotatable bonds is 1. The van der Waals surface area contributed by atoms with E-state index in [2.05, 4.69) is 27.4 Å². The van der Waals surface area contributed by atoms with Gasteiger partial charge in [-0.25, -0.2) is 0 Å². The SMILES string of the molecule is C1=CN(c2ccn[nH]2)CC1. The molecule has 0 saturated heterocycles. The Morgan fingerprint density at radius 2 is 2.60 bits per heavy atom. The van der Waals surface area contributed by atoms with Crippen LogP contribution in [0, 0.1) is 0 Å². The summed E-state index contributed by atoms with van der Waals surface area (Å²) in [6, 6.07) is 1.97. The van der Waals surface area contributed by atoms with Gasteiger partial charge in [0.05, 0.1) is 6.20 Å². The molecule has 0 amide bonds. The zero-order chi connectivity index (χ0) is 6.81. The molecule has 1 aromatic rings. The summed E-state index contributed by atoms with van der Waals surface area (Å²) in [5.41, 5.74) is 0. The van der Waals surface area contributed by atoms with Gasteiger partial charge in [-0.1, -0.05) is 6.08 Å². The highest BCUT2D eigenvalue weighted by Crippen LogP contribution is 2.13. The number of aromatic amines is 1. The van der Waals surface area contributed by atoms with Gasteiger partial charge >= 0.3 is 0 Å². The highest BCUT2D eigenvalue weighted by atomic mass is 15.3. The van der Waals surface area contributed by atoms with E-state index in [9.17, 15) is 0 Å². The molecule has 10 heavy (non-hydrogen) atoms. The van der Waals surface area contributed by atoms with Crippen molar-refractivity contribution in [1.82, 2.24) is 10.2 Å². The van der Waals surface area contributed by atoms with Crippen LogP contribution in [-0.4, -0.2) is 16.7 Å². The van der Waals surface area contributed by atoms with Crippen LogP contribution in [0.1, 0.15) is 6.42 Å². The average Bonchev–Trinajstić information content (AvgIpc) is 2.59. The van der Waals surface area contributed by atoms with Gasteiger partial charge in [-0.2, -0.15) is 5.10 Å². The Bertz CT molecular complexity index is 225. The van der Waals surface area contributed by atoms with Crippen LogP contribution in [0.5, 0.6) is 0 Å². The van der Waals surface area contributed by atoms with Crippen molar-refractivity contribution in [3.8, 4) is 0 Å². The van der Waals surface area contributed by atoms with E-state index in [0.717, 1.165) is 18.8 Å². The molecule has 0 saturated carbocycles. The van der Waals surface area contributed by atoms with E-state index in [1.165, 1.54) is 0 Å². The summed E-state index contributed by atoms with van der Waals surface area (Å²) in [6.07, 6.45) is 7.13. The van der Waals surface area contributed by atoms with Gasteiger partial charge in [-0.3, -0.25) is 5.10 Å². The molecule has 1 N–H and O–H groups in total. The Kier molecular flexibility index (Phi) is 1.20. The predicted octanol–water partition coefficient (Wildman–Crippen LogP) is 1.13. The summed E-state index contributed by atoms with van der Waals surface area (Å²) in [5.74, 6) is 1.08. The quantitative estimate of drug-likeness (QED) is 0.626. The maximum Gasteiger partial charge on any atom is 0.127 e. The third kappa shape index (κ3) is 0.795. The van der Waals surface area contributed by atoms with E-state index in [1.807, 2.05) is 6.07 Å². The molecule has 0 atom stereocenters. The molecule has 0 fully saturated rings. The van der Waals surface area contributed by atoms with E-state index in [1.54, 1.807) is 6.20 Å². The molecule has 52 valence electrons. The molecule has 1 aromatic heterocycles. The standard InChI is InChI=1S/C7H9N3/c1-2-6-10(5-1)7-3-4-8-9-7/h1,3-5H,2,6H2,(H,8,9). The monoisotopic (exact) mass is 135 g/mol. The van der Waals surface area contributed by atoms with Crippen molar-refractivity contribution in [2.24, 2.45) is 0 Å². The molecule has 3 heteroatoms. The summed E-state index contributed by atoms with van der Waals surface area (Å²) >= 11 is 0. The van der Waals surface area contributed by atoms with E-state index in [0.29, 0.717) is 0 Å². The second kappa shape index (κ2) is 2.17. The van der Waals surface area contributed by atoms with Crippen LogP contribution >= 0.6 is 0 Å². The number of aromatic nitrogens is 2.